The van der Waals surface area contributed by atoms with Crippen molar-refractivity contribution in [1.82, 2.24) is 19.4 Å². The first-order chi connectivity index (χ1) is 9.24. The third-order valence-corrected chi connectivity index (χ3v) is 3.68. The highest BCUT2D eigenvalue weighted by atomic mass is 35.5. The topological polar surface area (TPSA) is 41.4 Å². The van der Waals surface area contributed by atoms with Crippen LogP contribution in [0.25, 0.3) is 10.9 Å². The zero-order valence-electron chi connectivity index (χ0n) is 11.9. The van der Waals surface area contributed by atoms with Gasteiger partial charge in [-0.1, -0.05) is 12.1 Å². The molecule has 3 rings (SSSR count). The quantitative estimate of drug-likeness (QED) is 0.835. The van der Waals surface area contributed by atoms with Crippen LogP contribution in [0, 0.1) is 0 Å². The monoisotopic (exact) mass is 330 g/mol. The van der Waals surface area contributed by atoms with Crippen LogP contribution in [-0.2, 0) is 6.67 Å². The first kappa shape index (κ1) is 17.9. The lowest BCUT2D eigenvalue weighted by molar-refractivity contribution is 0.123. The van der Waals surface area contributed by atoms with Gasteiger partial charge in [0.15, 0.2) is 0 Å². The summed E-state index contributed by atoms with van der Waals surface area (Å²) in [6, 6.07) is 7.49. The van der Waals surface area contributed by atoms with Crippen LogP contribution in [0.3, 0.4) is 0 Å². The van der Waals surface area contributed by atoms with Crippen LogP contribution >= 0.6 is 24.8 Å². The molecule has 1 aromatic heterocycles. The minimum atomic E-state index is 0. The van der Waals surface area contributed by atoms with Crippen LogP contribution in [0.15, 0.2) is 35.4 Å². The molecule has 1 aromatic carbocycles. The van der Waals surface area contributed by atoms with Gasteiger partial charge in [0, 0.05) is 26.2 Å². The number of fused-ring (bicyclic) bond motifs is 1. The van der Waals surface area contributed by atoms with Gasteiger partial charge < -0.3 is 4.90 Å². The van der Waals surface area contributed by atoms with E-state index in [0.717, 1.165) is 31.7 Å². The van der Waals surface area contributed by atoms with Gasteiger partial charge in [-0.05, 0) is 19.2 Å². The lowest BCUT2D eigenvalue weighted by Crippen LogP contribution is -2.46. The van der Waals surface area contributed by atoms with Crippen molar-refractivity contribution in [2.24, 2.45) is 0 Å². The summed E-state index contributed by atoms with van der Waals surface area (Å²) >= 11 is 0. The predicted molar refractivity (Wildman–Crippen MR) is 89.6 cm³/mol. The van der Waals surface area contributed by atoms with Crippen molar-refractivity contribution < 1.29 is 0 Å². The van der Waals surface area contributed by atoms with Crippen LogP contribution < -0.4 is 5.56 Å². The van der Waals surface area contributed by atoms with E-state index in [-0.39, 0.29) is 30.4 Å². The molecule has 1 fully saturated rings. The molecule has 0 bridgehead atoms. The lowest BCUT2D eigenvalue weighted by Gasteiger charge is -2.32. The molecular weight excluding hydrogens is 311 g/mol. The standard InChI is InChI=1S/C14H18N4O.2ClH/c1-16-6-8-17(9-7-16)11-18-10-15-13-5-3-2-4-12(13)14(18)19;;/h2-5,10H,6-9,11H2,1H3;2*1H. The zero-order valence-corrected chi connectivity index (χ0v) is 13.6. The summed E-state index contributed by atoms with van der Waals surface area (Å²) in [7, 11) is 2.13. The number of aromatic nitrogens is 2. The second-order valence-corrected chi connectivity index (χ2v) is 5.10. The summed E-state index contributed by atoms with van der Waals surface area (Å²) in [6.07, 6.45) is 1.66. The number of rotatable bonds is 2. The third-order valence-electron chi connectivity index (χ3n) is 3.68. The number of hydrogen-bond donors (Lipinski definition) is 0. The molecule has 1 aliphatic rings. The Morgan fingerprint density at radius 1 is 1.10 bits per heavy atom. The average molecular weight is 331 g/mol. The molecule has 0 spiro atoms. The Hall–Kier alpha value is -1.14. The van der Waals surface area contributed by atoms with Gasteiger partial charge in [-0.2, -0.15) is 0 Å². The molecule has 0 saturated carbocycles. The Labute approximate surface area is 136 Å². The van der Waals surface area contributed by atoms with Gasteiger partial charge in [0.05, 0.1) is 23.9 Å². The molecule has 0 radical (unpaired) electrons. The van der Waals surface area contributed by atoms with Crippen LogP contribution in [0.4, 0.5) is 0 Å². The van der Waals surface area contributed by atoms with E-state index in [1.54, 1.807) is 10.9 Å². The number of likely N-dealkylation sites (N-methyl/N-ethyl adjacent to an activating group) is 1. The van der Waals surface area contributed by atoms with Crippen LogP contribution in [0.5, 0.6) is 0 Å². The van der Waals surface area contributed by atoms with Crippen molar-refractivity contribution in [3.05, 3.63) is 40.9 Å². The van der Waals surface area contributed by atoms with Crippen molar-refractivity contribution in [3.8, 4) is 0 Å². The van der Waals surface area contributed by atoms with Crippen molar-refractivity contribution in [1.29, 1.82) is 0 Å². The average Bonchev–Trinajstić information content (AvgIpc) is 2.45. The predicted octanol–water partition coefficient (Wildman–Crippen LogP) is 1.44. The fraction of sp³-hybridized carbons (Fsp3) is 0.429. The number of hydrogen-bond acceptors (Lipinski definition) is 4. The Kier molecular flexibility index (Phi) is 6.61. The lowest BCUT2D eigenvalue weighted by atomic mass is 10.2. The first-order valence-corrected chi connectivity index (χ1v) is 6.59. The maximum absolute atomic E-state index is 12.4. The van der Waals surface area contributed by atoms with Crippen molar-refractivity contribution in [3.63, 3.8) is 0 Å². The second kappa shape index (κ2) is 7.75. The van der Waals surface area contributed by atoms with Crippen LogP contribution in [-0.4, -0.2) is 52.6 Å². The Morgan fingerprint density at radius 2 is 1.76 bits per heavy atom. The molecule has 1 saturated heterocycles. The maximum atomic E-state index is 12.4. The van der Waals surface area contributed by atoms with Gasteiger partial charge in [0.25, 0.3) is 5.56 Å². The number of piperazine rings is 1. The van der Waals surface area contributed by atoms with Gasteiger partial charge >= 0.3 is 0 Å². The van der Waals surface area contributed by atoms with E-state index in [9.17, 15) is 4.79 Å². The molecule has 0 unspecified atom stereocenters. The van der Waals surface area contributed by atoms with E-state index in [2.05, 4.69) is 21.8 Å². The summed E-state index contributed by atoms with van der Waals surface area (Å²) in [4.78, 5) is 21.3. The molecule has 5 nitrogen and oxygen atoms in total. The Bertz CT molecular complexity index is 638. The summed E-state index contributed by atoms with van der Waals surface area (Å²) in [5.74, 6) is 0. The molecule has 116 valence electrons. The number of nitrogens with zero attached hydrogens (tertiary/aromatic N) is 4. The smallest absolute Gasteiger partial charge is 0.262 e. The minimum Gasteiger partial charge on any atom is -0.304 e. The SMILES string of the molecule is CN1CCN(Cn2cnc3ccccc3c2=O)CC1.Cl.Cl. The molecule has 7 heteroatoms. The zero-order chi connectivity index (χ0) is 13.2. The second-order valence-electron chi connectivity index (χ2n) is 5.10. The maximum Gasteiger partial charge on any atom is 0.262 e. The molecule has 2 heterocycles. The van der Waals surface area contributed by atoms with Gasteiger partial charge in [-0.25, -0.2) is 4.98 Å². The van der Waals surface area contributed by atoms with E-state index in [0.29, 0.717) is 12.1 Å². The van der Waals surface area contributed by atoms with E-state index in [4.69, 9.17) is 0 Å². The highest BCUT2D eigenvalue weighted by molar-refractivity contribution is 5.85. The summed E-state index contributed by atoms with van der Waals surface area (Å²) in [5, 5.41) is 0.694. The Morgan fingerprint density at radius 3 is 2.48 bits per heavy atom. The minimum absolute atomic E-state index is 0. The van der Waals surface area contributed by atoms with Gasteiger partial charge in [-0.3, -0.25) is 14.3 Å². The highest BCUT2D eigenvalue weighted by Crippen LogP contribution is 2.06. The largest absolute Gasteiger partial charge is 0.304 e. The summed E-state index contributed by atoms with van der Waals surface area (Å²) in [6.45, 7) is 4.72. The molecule has 21 heavy (non-hydrogen) atoms. The van der Waals surface area contributed by atoms with Gasteiger partial charge in [0.2, 0.25) is 0 Å². The number of para-hydroxylation sites is 1. The molecule has 2 aromatic rings. The van der Waals surface area contributed by atoms with Gasteiger partial charge in [0.1, 0.15) is 0 Å². The molecule has 0 amide bonds. The van der Waals surface area contributed by atoms with E-state index in [1.807, 2.05) is 24.3 Å². The number of benzene rings is 1. The highest BCUT2D eigenvalue weighted by Gasteiger charge is 2.14. The molecule has 0 atom stereocenters. The van der Waals surface area contributed by atoms with E-state index >= 15 is 0 Å². The number of halogens is 2. The van der Waals surface area contributed by atoms with Crippen molar-refractivity contribution >= 4 is 35.7 Å². The third kappa shape index (κ3) is 3.95. The fourth-order valence-electron chi connectivity index (χ4n) is 2.41. The Balaban J connectivity index is 0.00000110. The molecule has 0 N–H and O–H groups in total. The molecule has 0 aliphatic carbocycles. The normalized spacial score (nSPS) is 16.2. The van der Waals surface area contributed by atoms with Gasteiger partial charge in [-0.15, -0.1) is 24.8 Å². The van der Waals surface area contributed by atoms with Crippen molar-refractivity contribution in [2.45, 2.75) is 6.67 Å². The van der Waals surface area contributed by atoms with Crippen LogP contribution in [0.1, 0.15) is 0 Å². The fourth-order valence-corrected chi connectivity index (χ4v) is 2.41. The van der Waals surface area contributed by atoms with Crippen LogP contribution in [0.2, 0.25) is 0 Å². The first-order valence-electron chi connectivity index (χ1n) is 6.59. The molecule has 1 aliphatic heterocycles. The summed E-state index contributed by atoms with van der Waals surface area (Å²) < 4.78 is 1.70. The molecular formula is C14H20Cl2N4O. The summed E-state index contributed by atoms with van der Waals surface area (Å²) in [5.41, 5.74) is 0.812. The van der Waals surface area contributed by atoms with E-state index in [1.165, 1.54) is 0 Å². The van der Waals surface area contributed by atoms with Crippen molar-refractivity contribution in [2.75, 3.05) is 33.2 Å². The van der Waals surface area contributed by atoms with E-state index < -0.39 is 0 Å².